The van der Waals surface area contributed by atoms with Crippen LogP contribution < -0.4 is 11.1 Å². The second-order valence-electron chi connectivity index (χ2n) is 4.80. The van der Waals surface area contributed by atoms with E-state index in [1.54, 1.807) is 21.3 Å². The molecule has 1 heterocycles. The highest BCUT2D eigenvalue weighted by Crippen LogP contribution is 2.37. The van der Waals surface area contributed by atoms with E-state index in [1.807, 2.05) is 0 Å². The molecule has 19 heavy (non-hydrogen) atoms. The van der Waals surface area contributed by atoms with Gasteiger partial charge in [-0.05, 0) is 19.4 Å². The number of methoxy groups -OCH3 is 1. The van der Waals surface area contributed by atoms with E-state index < -0.39 is 14.6 Å². The largest absolute Gasteiger partial charge is 0.502 e. The van der Waals surface area contributed by atoms with Crippen molar-refractivity contribution in [1.29, 1.82) is 0 Å². The Morgan fingerprint density at radius 3 is 2.58 bits per heavy atom. The maximum atomic E-state index is 6.14. The monoisotopic (exact) mass is 292 g/mol. The third-order valence-electron chi connectivity index (χ3n) is 3.61. The molecule has 0 aliphatic carbocycles. The summed E-state index contributed by atoms with van der Waals surface area (Å²) in [6.45, 7) is 2.42. The molecule has 1 rings (SSSR count). The summed E-state index contributed by atoms with van der Waals surface area (Å²) in [5.74, 6) is -0.555. The van der Waals surface area contributed by atoms with Crippen LogP contribution in [0.1, 0.15) is 25.7 Å². The maximum absolute atomic E-state index is 6.14. The van der Waals surface area contributed by atoms with Gasteiger partial charge in [-0.3, -0.25) is 0 Å². The molecule has 1 aliphatic rings. The molecule has 6 nitrogen and oxygen atoms in total. The minimum absolute atomic E-state index is 0.555. The minimum atomic E-state index is -2.53. The minimum Gasteiger partial charge on any atom is -0.377 e. The zero-order valence-electron chi connectivity index (χ0n) is 12.4. The van der Waals surface area contributed by atoms with Crippen LogP contribution in [0.4, 0.5) is 0 Å². The molecule has 0 amide bonds. The molecule has 0 aromatic carbocycles. The summed E-state index contributed by atoms with van der Waals surface area (Å²) in [6, 6.07) is 0.858. The Labute approximate surface area is 117 Å². The number of nitrogens with two attached hydrogens (primary N) is 1. The van der Waals surface area contributed by atoms with Crippen molar-refractivity contribution in [2.45, 2.75) is 37.5 Å². The van der Waals surface area contributed by atoms with Gasteiger partial charge >= 0.3 is 8.80 Å². The standard InChI is InChI=1S/C12H28N2O4Si/c1-15-12(6-4-9-14-10-8-13)7-5-11-19(16-2,17-3)18-12/h14H,4-11,13H2,1-3H3. The van der Waals surface area contributed by atoms with Gasteiger partial charge in [0.1, 0.15) is 0 Å². The van der Waals surface area contributed by atoms with Crippen molar-refractivity contribution in [2.24, 2.45) is 5.73 Å². The topological polar surface area (TPSA) is 75.0 Å². The summed E-state index contributed by atoms with van der Waals surface area (Å²) in [4.78, 5) is 0. The molecule has 1 saturated heterocycles. The van der Waals surface area contributed by atoms with Gasteiger partial charge in [0.15, 0.2) is 5.79 Å². The molecule has 0 aromatic rings. The summed E-state index contributed by atoms with van der Waals surface area (Å²) < 4.78 is 22.8. The van der Waals surface area contributed by atoms with E-state index in [0.29, 0.717) is 6.54 Å². The van der Waals surface area contributed by atoms with E-state index in [4.69, 9.17) is 23.7 Å². The van der Waals surface area contributed by atoms with E-state index >= 15 is 0 Å². The molecule has 1 atom stereocenters. The first-order chi connectivity index (χ1) is 9.16. The molecule has 0 spiro atoms. The lowest BCUT2D eigenvalue weighted by atomic mass is 10.0. The normalized spacial score (nSPS) is 26.5. The van der Waals surface area contributed by atoms with E-state index in [9.17, 15) is 0 Å². The van der Waals surface area contributed by atoms with E-state index in [0.717, 1.165) is 44.8 Å². The van der Waals surface area contributed by atoms with Crippen LogP contribution >= 0.6 is 0 Å². The van der Waals surface area contributed by atoms with Gasteiger partial charge in [-0.1, -0.05) is 0 Å². The van der Waals surface area contributed by atoms with Gasteiger partial charge in [-0.25, -0.2) is 0 Å². The zero-order chi connectivity index (χ0) is 14.2. The fraction of sp³-hybridized carbons (Fsp3) is 1.00. The Balaban J connectivity index is 2.49. The number of hydrogen-bond acceptors (Lipinski definition) is 6. The lowest BCUT2D eigenvalue weighted by Gasteiger charge is -2.43. The predicted molar refractivity (Wildman–Crippen MR) is 75.8 cm³/mol. The molecule has 3 N–H and O–H groups in total. The average molecular weight is 292 g/mol. The van der Waals surface area contributed by atoms with Crippen molar-refractivity contribution in [3.05, 3.63) is 0 Å². The average Bonchev–Trinajstić information content (AvgIpc) is 2.47. The fourth-order valence-electron chi connectivity index (χ4n) is 2.46. The van der Waals surface area contributed by atoms with Gasteiger partial charge in [0.05, 0.1) is 0 Å². The van der Waals surface area contributed by atoms with Crippen LogP contribution in [0.15, 0.2) is 0 Å². The zero-order valence-corrected chi connectivity index (χ0v) is 13.4. The highest BCUT2D eigenvalue weighted by atomic mass is 28.4. The van der Waals surface area contributed by atoms with Gasteiger partial charge in [0.25, 0.3) is 0 Å². The van der Waals surface area contributed by atoms with Crippen LogP contribution in [-0.2, 0) is 18.0 Å². The van der Waals surface area contributed by atoms with E-state index in [2.05, 4.69) is 5.32 Å². The second kappa shape index (κ2) is 8.31. The highest BCUT2D eigenvalue weighted by molar-refractivity contribution is 6.60. The summed E-state index contributed by atoms with van der Waals surface area (Å²) >= 11 is 0. The Morgan fingerprint density at radius 1 is 1.26 bits per heavy atom. The van der Waals surface area contributed by atoms with Crippen molar-refractivity contribution in [2.75, 3.05) is 41.0 Å². The second-order valence-corrected chi connectivity index (χ2v) is 7.69. The number of rotatable bonds is 9. The lowest BCUT2D eigenvalue weighted by molar-refractivity contribution is -0.211. The Morgan fingerprint density at radius 2 is 2.00 bits per heavy atom. The van der Waals surface area contributed by atoms with Gasteiger partial charge in [0, 0.05) is 53.3 Å². The van der Waals surface area contributed by atoms with Crippen molar-refractivity contribution in [3.63, 3.8) is 0 Å². The Bertz CT molecular complexity index is 254. The van der Waals surface area contributed by atoms with Crippen LogP contribution in [-0.4, -0.2) is 55.6 Å². The van der Waals surface area contributed by atoms with Crippen molar-refractivity contribution < 1.29 is 18.0 Å². The Hall–Kier alpha value is -0.0231. The molecule has 0 bridgehead atoms. The number of nitrogens with one attached hydrogen (secondary N) is 1. The van der Waals surface area contributed by atoms with Crippen LogP contribution in [0.5, 0.6) is 0 Å². The smallest absolute Gasteiger partial charge is 0.377 e. The van der Waals surface area contributed by atoms with Gasteiger partial charge in [-0.2, -0.15) is 0 Å². The van der Waals surface area contributed by atoms with E-state index in [-0.39, 0.29) is 0 Å². The van der Waals surface area contributed by atoms with E-state index in [1.165, 1.54) is 0 Å². The molecule has 1 aliphatic heterocycles. The molecule has 114 valence electrons. The first-order valence-corrected chi connectivity index (χ1v) is 8.85. The summed E-state index contributed by atoms with van der Waals surface area (Å²) in [5.41, 5.74) is 5.44. The number of ether oxygens (including phenoxy) is 1. The van der Waals surface area contributed by atoms with Gasteiger partial charge < -0.3 is 29.1 Å². The van der Waals surface area contributed by atoms with Crippen LogP contribution in [0.25, 0.3) is 0 Å². The molecule has 7 heteroatoms. The third-order valence-corrected chi connectivity index (χ3v) is 6.50. The molecular weight excluding hydrogens is 264 g/mol. The predicted octanol–water partition coefficient (Wildman–Crippen LogP) is 0.700. The number of hydrogen-bond donors (Lipinski definition) is 2. The van der Waals surface area contributed by atoms with Crippen molar-refractivity contribution >= 4 is 8.80 Å². The molecule has 0 saturated carbocycles. The molecule has 1 fully saturated rings. The lowest BCUT2D eigenvalue weighted by Crippen LogP contribution is -2.56. The first-order valence-electron chi connectivity index (χ1n) is 6.92. The highest BCUT2D eigenvalue weighted by Gasteiger charge is 2.51. The maximum Gasteiger partial charge on any atom is 0.502 e. The first kappa shape index (κ1) is 17.0. The van der Waals surface area contributed by atoms with Crippen LogP contribution in [0, 0.1) is 0 Å². The quantitative estimate of drug-likeness (QED) is 0.481. The summed E-state index contributed by atoms with van der Waals surface area (Å²) in [7, 11) is 2.48. The third kappa shape index (κ3) is 4.78. The fourth-order valence-corrected chi connectivity index (χ4v) is 4.77. The summed E-state index contributed by atoms with van der Waals surface area (Å²) in [6.07, 6.45) is 3.72. The van der Waals surface area contributed by atoms with Gasteiger partial charge in [-0.15, -0.1) is 0 Å². The van der Waals surface area contributed by atoms with Crippen LogP contribution in [0.2, 0.25) is 6.04 Å². The van der Waals surface area contributed by atoms with Crippen LogP contribution in [0.3, 0.4) is 0 Å². The van der Waals surface area contributed by atoms with Crippen molar-refractivity contribution in [3.8, 4) is 0 Å². The molecular formula is C12H28N2O4Si. The molecule has 1 unspecified atom stereocenters. The van der Waals surface area contributed by atoms with Gasteiger partial charge in [0.2, 0.25) is 0 Å². The van der Waals surface area contributed by atoms with Crippen molar-refractivity contribution in [1.82, 2.24) is 5.32 Å². The Kier molecular flexibility index (Phi) is 7.44. The SMILES string of the molecule is COC1(CCCNCCN)CCC[Si](OC)(OC)O1. The molecule has 0 radical (unpaired) electrons. The summed E-state index contributed by atoms with van der Waals surface area (Å²) in [5, 5.41) is 3.28. The molecule has 0 aromatic heterocycles.